The maximum absolute atomic E-state index is 12.5. The van der Waals surface area contributed by atoms with Gasteiger partial charge in [0.2, 0.25) is 0 Å². The zero-order chi connectivity index (χ0) is 19.4. The van der Waals surface area contributed by atoms with Crippen LogP contribution in [0.2, 0.25) is 5.02 Å². The van der Waals surface area contributed by atoms with Crippen LogP contribution in [-0.2, 0) is 0 Å². The molecule has 27 heavy (non-hydrogen) atoms. The fraction of sp³-hybridized carbons (Fsp3) is 0.300. The summed E-state index contributed by atoms with van der Waals surface area (Å²) in [5, 5.41) is 3.51. The normalized spacial score (nSPS) is 14.0. The van der Waals surface area contributed by atoms with Gasteiger partial charge in [-0.2, -0.15) is 0 Å². The summed E-state index contributed by atoms with van der Waals surface area (Å²) in [6.45, 7) is 4.02. The number of urea groups is 1. The molecule has 1 aliphatic rings. The molecule has 1 saturated heterocycles. The van der Waals surface area contributed by atoms with Gasteiger partial charge in [-0.3, -0.25) is 4.79 Å². The van der Waals surface area contributed by atoms with Crippen molar-refractivity contribution < 1.29 is 14.3 Å². The van der Waals surface area contributed by atoms with Crippen molar-refractivity contribution >= 4 is 34.8 Å². The summed E-state index contributed by atoms with van der Waals surface area (Å²) in [4.78, 5) is 27.9. The molecular formula is C20H22ClN3O3. The predicted molar refractivity (Wildman–Crippen MR) is 107 cm³/mol. The molecule has 0 atom stereocenters. The number of ether oxygens (including phenoxy) is 1. The Morgan fingerprint density at radius 2 is 1.81 bits per heavy atom. The van der Waals surface area contributed by atoms with E-state index in [0.29, 0.717) is 42.5 Å². The van der Waals surface area contributed by atoms with E-state index in [1.807, 2.05) is 12.1 Å². The van der Waals surface area contributed by atoms with Crippen LogP contribution in [0.4, 0.5) is 16.2 Å². The van der Waals surface area contributed by atoms with Crippen molar-refractivity contribution in [2.45, 2.75) is 6.92 Å². The minimum Gasteiger partial charge on any atom is -0.495 e. The van der Waals surface area contributed by atoms with Crippen molar-refractivity contribution in [2.75, 3.05) is 43.5 Å². The largest absolute Gasteiger partial charge is 0.495 e. The van der Waals surface area contributed by atoms with Gasteiger partial charge in [-0.05, 0) is 37.3 Å². The van der Waals surface area contributed by atoms with Crippen molar-refractivity contribution in [1.29, 1.82) is 0 Å². The molecule has 1 heterocycles. The lowest BCUT2D eigenvalue weighted by Crippen LogP contribution is -2.50. The number of nitrogens with zero attached hydrogens (tertiary/aromatic N) is 2. The molecule has 1 N–H and O–H groups in total. The Morgan fingerprint density at radius 1 is 1.07 bits per heavy atom. The molecule has 2 aromatic rings. The van der Waals surface area contributed by atoms with Gasteiger partial charge in [0.05, 0.1) is 12.8 Å². The number of benzene rings is 2. The number of piperazine rings is 1. The van der Waals surface area contributed by atoms with Crippen LogP contribution >= 0.6 is 11.6 Å². The number of carbonyl (C=O) groups excluding carboxylic acids is 2. The molecule has 7 heteroatoms. The first-order valence-electron chi connectivity index (χ1n) is 8.73. The summed E-state index contributed by atoms with van der Waals surface area (Å²) in [5.74, 6) is 0.730. The van der Waals surface area contributed by atoms with E-state index >= 15 is 0 Å². The van der Waals surface area contributed by atoms with Crippen LogP contribution in [0.25, 0.3) is 0 Å². The van der Waals surface area contributed by atoms with E-state index in [-0.39, 0.29) is 11.8 Å². The van der Waals surface area contributed by atoms with Gasteiger partial charge in [0, 0.05) is 42.5 Å². The van der Waals surface area contributed by atoms with Gasteiger partial charge in [0.15, 0.2) is 5.78 Å². The summed E-state index contributed by atoms with van der Waals surface area (Å²) < 4.78 is 5.42. The van der Waals surface area contributed by atoms with Crippen LogP contribution in [0.5, 0.6) is 5.75 Å². The molecule has 0 aromatic heterocycles. The second kappa shape index (κ2) is 8.31. The number of hydrogen-bond donors (Lipinski definition) is 1. The summed E-state index contributed by atoms with van der Waals surface area (Å²) in [5.41, 5.74) is 2.12. The zero-order valence-electron chi connectivity index (χ0n) is 15.4. The first-order chi connectivity index (χ1) is 13.0. The predicted octanol–water partition coefficient (Wildman–Crippen LogP) is 3.91. The summed E-state index contributed by atoms with van der Waals surface area (Å²) in [6.07, 6.45) is 0. The average molecular weight is 388 g/mol. The van der Waals surface area contributed by atoms with Crippen molar-refractivity contribution in [2.24, 2.45) is 0 Å². The van der Waals surface area contributed by atoms with Gasteiger partial charge < -0.3 is 19.9 Å². The molecular weight excluding hydrogens is 366 g/mol. The van der Waals surface area contributed by atoms with Gasteiger partial charge >= 0.3 is 6.03 Å². The Hall–Kier alpha value is -2.73. The van der Waals surface area contributed by atoms with Crippen LogP contribution in [0, 0.1) is 0 Å². The molecule has 1 aliphatic heterocycles. The molecule has 0 saturated carbocycles. The van der Waals surface area contributed by atoms with Crippen LogP contribution in [0.3, 0.4) is 0 Å². The lowest BCUT2D eigenvalue weighted by molar-refractivity contribution is 0.101. The molecule has 0 bridgehead atoms. The average Bonchev–Trinajstić information content (AvgIpc) is 2.68. The number of Topliss-reactive ketones (excluding diaryl/α,β-unsaturated/α-hetero) is 1. The first kappa shape index (κ1) is 19.0. The van der Waals surface area contributed by atoms with Crippen LogP contribution < -0.4 is 15.0 Å². The van der Waals surface area contributed by atoms with E-state index in [4.69, 9.17) is 16.3 Å². The number of anilines is 2. The maximum Gasteiger partial charge on any atom is 0.321 e. The summed E-state index contributed by atoms with van der Waals surface area (Å²) >= 11 is 6.12. The Morgan fingerprint density at radius 3 is 2.48 bits per heavy atom. The number of ketones is 1. The zero-order valence-corrected chi connectivity index (χ0v) is 16.1. The number of rotatable bonds is 4. The fourth-order valence-electron chi connectivity index (χ4n) is 3.08. The Balaban J connectivity index is 1.62. The Labute approximate surface area is 163 Å². The molecule has 2 amide bonds. The number of hydrogen-bond acceptors (Lipinski definition) is 4. The summed E-state index contributed by atoms with van der Waals surface area (Å²) in [6, 6.07) is 12.3. The monoisotopic (exact) mass is 387 g/mol. The van der Waals surface area contributed by atoms with Gasteiger partial charge in [0.1, 0.15) is 5.75 Å². The van der Waals surface area contributed by atoms with E-state index < -0.39 is 0 Å². The first-order valence-corrected chi connectivity index (χ1v) is 9.11. The van der Waals surface area contributed by atoms with Crippen molar-refractivity contribution in [3.05, 3.63) is 53.1 Å². The molecule has 0 unspecified atom stereocenters. The smallest absolute Gasteiger partial charge is 0.321 e. The second-order valence-electron chi connectivity index (χ2n) is 6.36. The van der Waals surface area contributed by atoms with E-state index in [0.717, 1.165) is 11.4 Å². The van der Waals surface area contributed by atoms with Crippen molar-refractivity contribution in [3.8, 4) is 5.75 Å². The standard InChI is InChI=1S/C20H22ClN3O3/c1-14(25)15-4-3-5-17(12-15)22-20(26)24-10-8-23(9-11-24)18-13-16(21)6-7-19(18)27-2/h3-7,12-13H,8-11H2,1-2H3,(H,22,26). The van der Waals surface area contributed by atoms with Crippen LogP contribution in [0.15, 0.2) is 42.5 Å². The topological polar surface area (TPSA) is 61.9 Å². The SMILES string of the molecule is COc1ccc(Cl)cc1N1CCN(C(=O)Nc2cccc(C(C)=O)c2)CC1. The highest BCUT2D eigenvalue weighted by atomic mass is 35.5. The molecule has 1 fully saturated rings. The van der Waals surface area contributed by atoms with Crippen molar-refractivity contribution in [3.63, 3.8) is 0 Å². The number of amides is 2. The van der Waals surface area contributed by atoms with E-state index in [1.165, 1.54) is 6.92 Å². The third-order valence-corrected chi connectivity index (χ3v) is 4.80. The van der Waals surface area contributed by atoms with E-state index in [1.54, 1.807) is 42.3 Å². The second-order valence-corrected chi connectivity index (χ2v) is 6.79. The lowest BCUT2D eigenvalue weighted by atomic mass is 10.1. The molecule has 3 rings (SSSR count). The minimum absolute atomic E-state index is 0.0322. The van der Waals surface area contributed by atoms with Crippen LogP contribution in [-0.4, -0.2) is 50.0 Å². The fourth-order valence-corrected chi connectivity index (χ4v) is 3.25. The van der Waals surface area contributed by atoms with E-state index in [9.17, 15) is 9.59 Å². The highest BCUT2D eigenvalue weighted by molar-refractivity contribution is 6.30. The van der Waals surface area contributed by atoms with Gasteiger partial charge in [-0.25, -0.2) is 4.79 Å². The molecule has 2 aromatic carbocycles. The summed E-state index contributed by atoms with van der Waals surface area (Å²) in [7, 11) is 1.63. The third kappa shape index (κ3) is 4.52. The maximum atomic E-state index is 12.5. The minimum atomic E-state index is -0.173. The number of methoxy groups -OCH3 is 1. The molecule has 0 aliphatic carbocycles. The Kier molecular flexibility index (Phi) is 5.86. The third-order valence-electron chi connectivity index (χ3n) is 4.57. The molecule has 6 nitrogen and oxygen atoms in total. The van der Waals surface area contributed by atoms with Gasteiger partial charge in [0.25, 0.3) is 0 Å². The number of carbonyl (C=O) groups is 2. The highest BCUT2D eigenvalue weighted by Gasteiger charge is 2.23. The highest BCUT2D eigenvalue weighted by Crippen LogP contribution is 2.31. The van der Waals surface area contributed by atoms with Crippen molar-refractivity contribution in [1.82, 2.24) is 4.90 Å². The molecule has 0 spiro atoms. The number of nitrogens with one attached hydrogen (secondary N) is 1. The number of halogens is 1. The lowest BCUT2D eigenvalue weighted by Gasteiger charge is -2.36. The quantitative estimate of drug-likeness (QED) is 0.808. The Bertz CT molecular complexity index is 848. The van der Waals surface area contributed by atoms with E-state index in [2.05, 4.69) is 10.2 Å². The molecule has 142 valence electrons. The van der Waals surface area contributed by atoms with Crippen LogP contribution in [0.1, 0.15) is 17.3 Å². The van der Waals surface area contributed by atoms with Gasteiger partial charge in [-0.15, -0.1) is 0 Å². The molecule has 0 radical (unpaired) electrons. The van der Waals surface area contributed by atoms with Gasteiger partial charge in [-0.1, -0.05) is 23.7 Å².